The number of likely N-dealkylation sites (N-methyl/N-ethyl adjacent to an activating group) is 1. The van der Waals surface area contributed by atoms with Crippen LogP contribution < -0.4 is 5.73 Å². The molecule has 0 radical (unpaired) electrons. The summed E-state index contributed by atoms with van der Waals surface area (Å²) in [6.07, 6.45) is 4.05. The van der Waals surface area contributed by atoms with E-state index < -0.39 is 0 Å². The molecule has 16 heavy (non-hydrogen) atoms. The quantitative estimate of drug-likeness (QED) is 0.723. The van der Waals surface area contributed by atoms with Crippen LogP contribution in [-0.2, 0) is 4.74 Å². The normalized spacial score (nSPS) is 24.9. The minimum atomic E-state index is 0.298. The van der Waals surface area contributed by atoms with Crippen LogP contribution in [0.3, 0.4) is 0 Å². The van der Waals surface area contributed by atoms with Crippen molar-refractivity contribution in [1.82, 2.24) is 4.90 Å². The maximum Gasteiger partial charge on any atom is 0.0702 e. The third-order valence-corrected chi connectivity index (χ3v) is 3.78. The lowest BCUT2D eigenvalue weighted by Gasteiger charge is -2.29. The van der Waals surface area contributed by atoms with Crippen LogP contribution in [0.4, 0.5) is 0 Å². The SMILES string of the molecule is CCC(C)C(N)CN(CC)CC1CCCO1. The number of hydrogen-bond acceptors (Lipinski definition) is 3. The van der Waals surface area contributed by atoms with E-state index >= 15 is 0 Å². The lowest BCUT2D eigenvalue weighted by atomic mass is 9.99. The monoisotopic (exact) mass is 228 g/mol. The molecule has 0 aromatic heterocycles. The van der Waals surface area contributed by atoms with Crippen molar-refractivity contribution in [3.05, 3.63) is 0 Å². The number of nitrogens with zero attached hydrogens (tertiary/aromatic N) is 1. The van der Waals surface area contributed by atoms with Gasteiger partial charge in [0.25, 0.3) is 0 Å². The molecular weight excluding hydrogens is 200 g/mol. The fourth-order valence-corrected chi connectivity index (χ4v) is 2.19. The summed E-state index contributed by atoms with van der Waals surface area (Å²) in [5, 5.41) is 0. The Morgan fingerprint density at radius 2 is 2.19 bits per heavy atom. The lowest BCUT2D eigenvalue weighted by molar-refractivity contribution is 0.0709. The van der Waals surface area contributed by atoms with Crippen LogP contribution >= 0.6 is 0 Å². The molecule has 0 aliphatic carbocycles. The molecule has 1 aliphatic heterocycles. The zero-order valence-corrected chi connectivity index (χ0v) is 11.1. The first-order valence-electron chi connectivity index (χ1n) is 6.76. The molecule has 3 nitrogen and oxygen atoms in total. The fourth-order valence-electron chi connectivity index (χ4n) is 2.19. The first-order chi connectivity index (χ1) is 7.67. The van der Waals surface area contributed by atoms with E-state index in [-0.39, 0.29) is 0 Å². The van der Waals surface area contributed by atoms with Crippen LogP contribution in [0.5, 0.6) is 0 Å². The first kappa shape index (κ1) is 13.9. The first-order valence-corrected chi connectivity index (χ1v) is 6.76. The number of nitrogens with two attached hydrogens (primary N) is 1. The van der Waals surface area contributed by atoms with Crippen molar-refractivity contribution in [2.24, 2.45) is 11.7 Å². The van der Waals surface area contributed by atoms with Gasteiger partial charge in [-0.05, 0) is 25.3 Å². The Bertz CT molecular complexity index is 181. The third kappa shape index (κ3) is 4.40. The largest absolute Gasteiger partial charge is 0.377 e. The summed E-state index contributed by atoms with van der Waals surface area (Å²) >= 11 is 0. The number of rotatable bonds is 7. The Hall–Kier alpha value is -0.120. The van der Waals surface area contributed by atoms with Gasteiger partial charge in [-0.2, -0.15) is 0 Å². The smallest absolute Gasteiger partial charge is 0.0702 e. The summed E-state index contributed by atoms with van der Waals surface area (Å²) in [5.74, 6) is 0.610. The van der Waals surface area contributed by atoms with E-state index in [4.69, 9.17) is 10.5 Å². The molecule has 1 aliphatic rings. The Morgan fingerprint density at radius 1 is 1.44 bits per heavy atom. The highest BCUT2D eigenvalue weighted by Crippen LogP contribution is 2.14. The van der Waals surface area contributed by atoms with Crippen molar-refractivity contribution in [3.63, 3.8) is 0 Å². The predicted octanol–water partition coefficient (Wildman–Crippen LogP) is 1.86. The van der Waals surface area contributed by atoms with Crippen LogP contribution in [0.1, 0.15) is 40.0 Å². The molecule has 3 atom stereocenters. The summed E-state index contributed by atoms with van der Waals surface area (Å²) in [6.45, 7) is 10.7. The van der Waals surface area contributed by atoms with Crippen molar-refractivity contribution in [2.45, 2.75) is 52.2 Å². The summed E-state index contributed by atoms with van der Waals surface area (Å²) in [7, 11) is 0. The molecule has 1 rings (SSSR count). The highest BCUT2D eigenvalue weighted by Gasteiger charge is 2.20. The van der Waals surface area contributed by atoms with Gasteiger partial charge in [0.1, 0.15) is 0 Å². The van der Waals surface area contributed by atoms with Gasteiger partial charge in [-0.3, -0.25) is 4.90 Å². The highest BCUT2D eigenvalue weighted by atomic mass is 16.5. The van der Waals surface area contributed by atoms with Crippen molar-refractivity contribution in [1.29, 1.82) is 0 Å². The average molecular weight is 228 g/mol. The van der Waals surface area contributed by atoms with Crippen LogP contribution in [0, 0.1) is 5.92 Å². The van der Waals surface area contributed by atoms with Gasteiger partial charge in [0, 0.05) is 25.7 Å². The van der Waals surface area contributed by atoms with E-state index in [2.05, 4.69) is 25.7 Å². The standard InChI is InChI=1S/C13H28N2O/c1-4-11(3)13(14)10-15(5-2)9-12-7-6-8-16-12/h11-13H,4-10,14H2,1-3H3. The number of ether oxygens (including phenoxy) is 1. The molecule has 0 aromatic carbocycles. The van der Waals surface area contributed by atoms with Crippen LogP contribution in [0.2, 0.25) is 0 Å². The van der Waals surface area contributed by atoms with E-state index in [1.807, 2.05) is 0 Å². The van der Waals surface area contributed by atoms with Crippen LogP contribution in [0.25, 0.3) is 0 Å². The van der Waals surface area contributed by atoms with Gasteiger partial charge >= 0.3 is 0 Å². The second-order valence-corrected chi connectivity index (χ2v) is 5.04. The topological polar surface area (TPSA) is 38.5 Å². The van der Waals surface area contributed by atoms with Crippen molar-refractivity contribution in [3.8, 4) is 0 Å². The van der Waals surface area contributed by atoms with Crippen molar-refractivity contribution >= 4 is 0 Å². The van der Waals surface area contributed by atoms with Crippen molar-refractivity contribution < 1.29 is 4.74 Å². The molecule has 2 N–H and O–H groups in total. The third-order valence-electron chi connectivity index (χ3n) is 3.78. The van der Waals surface area contributed by atoms with Gasteiger partial charge in [0.05, 0.1) is 6.10 Å². The zero-order valence-electron chi connectivity index (χ0n) is 11.1. The second-order valence-electron chi connectivity index (χ2n) is 5.04. The van der Waals surface area contributed by atoms with E-state index in [1.165, 1.54) is 19.3 Å². The molecule has 0 saturated carbocycles. The molecule has 0 amide bonds. The molecule has 96 valence electrons. The maximum absolute atomic E-state index is 6.20. The zero-order chi connectivity index (χ0) is 12.0. The summed E-state index contributed by atoms with van der Waals surface area (Å²) in [5.41, 5.74) is 6.20. The van der Waals surface area contributed by atoms with Crippen LogP contribution in [0.15, 0.2) is 0 Å². The minimum Gasteiger partial charge on any atom is -0.377 e. The summed E-state index contributed by atoms with van der Waals surface area (Å²) < 4.78 is 5.67. The van der Waals surface area contributed by atoms with E-state index in [0.717, 1.165) is 26.2 Å². The molecule has 0 bridgehead atoms. The summed E-state index contributed by atoms with van der Waals surface area (Å²) in [4.78, 5) is 2.44. The molecule has 1 fully saturated rings. The van der Waals surface area contributed by atoms with E-state index in [9.17, 15) is 0 Å². The average Bonchev–Trinajstić information content (AvgIpc) is 2.79. The van der Waals surface area contributed by atoms with Gasteiger partial charge in [-0.15, -0.1) is 0 Å². The maximum atomic E-state index is 6.20. The lowest BCUT2D eigenvalue weighted by Crippen LogP contribution is -2.43. The number of hydrogen-bond donors (Lipinski definition) is 1. The second kappa shape index (κ2) is 7.25. The van der Waals surface area contributed by atoms with Gasteiger partial charge < -0.3 is 10.5 Å². The van der Waals surface area contributed by atoms with Gasteiger partial charge in [0.2, 0.25) is 0 Å². The molecule has 0 aromatic rings. The van der Waals surface area contributed by atoms with Gasteiger partial charge in [-0.1, -0.05) is 27.2 Å². The van der Waals surface area contributed by atoms with Gasteiger partial charge in [0.15, 0.2) is 0 Å². The molecule has 0 spiro atoms. The molecular formula is C13H28N2O. The molecule has 1 heterocycles. The Labute approximate surface area is 100 Å². The Kier molecular flexibility index (Phi) is 6.32. The summed E-state index contributed by atoms with van der Waals surface area (Å²) in [6, 6.07) is 0.298. The predicted molar refractivity (Wildman–Crippen MR) is 68.5 cm³/mol. The van der Waals surface area contributed by atoms with E-state index in [1.54, 1.807) is 0 Å². The minimum absolute atomic E-state index is 0.298. The Balaban J connectivity index is 2.29. The molecule has 1 saturated heterocycles. The fraction of sp³-hybridized carbons (Fsp3) is 1.00. The van der Waals surface area contributed by atoms with Gasteiger partial charge in [-0.25, -0.2) is 0 Å². The van der Waals surface area contributed by atoms with E-state index in [0.29, 0.717) is 18.1 Å². The molecule has 3 heteroatoms. The van der Waals surface area contributed by atoms with Crippen LogP contribution in [-0.4, -0.2) is 43.3 Å². The highest BCUT2D eigenvalue weighted by molar-refractivity contribution is 4.76. The Morgan fingerprint density at radius 3 is 2.69 bits per heavy atom. The molecule has 3 unspecified atom stereocenters. The van der Waals surface area contributed by atoms with Crippen molar-refractivity contribution in [2.75, 3.05) is 26.2 Å².